The Kier molecular flexibility index (Phi) is 20.9. The highest BCUT2D eigenvalue weighted by Gasteiger charge is 2.10. The van der Waals surface area contributed by atoms with Crippen LogP contribution >= 0.6 is 0 Å². The second kappa shape index (κ2) is 22.4. The smallest absolute Gasteiger partial charge is 0.303 e. The van der Waals surface area contributed by atoms with E-state index in [9.17, 15) is 4.79 Å². The van der Waals surface area contributed by atoms with Crippen molar-refractivity contribution in [1.29, 1.82) is 0 Å². The molecular formula is C25H40O4. The van der Waals surface area contributed by atoms with Crippen molar-refractivity contribution in [3.8, 4) is 0 Å². The van der Waals surface area contributed by atoms with Crippen LogP contribution in [0.4, 0.5) is 0 Å². The summed E-state index contributed by atoms with van der Waals surface area (Å²) in [7, 11) is 0. The van der Waals surface area contributed by atoms with Gasteiger partial charge in [-0.3, -0.25) is 4.79 Å². The van der Waals surface area contributed by atoms with E-state index >= 15 is 0 Å². The van der Waals surface area contributed by atoms with E-state index in [-0.39, 0.29) is 13.2 Å². The van der Waals surface area contributed by atoms with E-state index in [1.807, 2.05) is 0 Å². The Morgan fingerprint density at radius 1 is 0.828 bits per heavy atom. The summed E-state index contributed by atoms with van der Waals surface area (Å²) >= 11 is 0. The number of unbranched alkanes of at least 4 members (excludes halogenated alkanes) is 2. The van der Waals surface area contributed by atoms with Crippen LogP contribution < -0.4 is 0 Å². The third-order valence-electron chi connectivity index (χ3n) is 3.91. The number of ether oxygens (including phenoxy) is 2. The minimum absolute atomic E-state index is 0.209. The first-order chi connectivity index (χ1) is 14.2. The number of carbonyl (C=O) groups is 1. The lowest BCUT2D eigenvalue weighted by Crippen LogP contribution is -2.26. The molecule has 1 atom stereocenters. The number of aliphatic hydroxyl groups excluding tert-OH is 1. The average molecular weight is 405 g/mol. The lowest BCUT2D eigenvalue weighted by atomic mass is 10.2. The molecule has 1 unspecified atom stereocenters. The fourth-order valence-electron chi connectivity index (χ4n) is 2.41. The molecule has 0 aromatic rings. The maximum atomic E-state index is 10.8. The second-order valence-electron chi connectivity index (χ2n) is 6.69. The molecule has 4 nitrogen and oxygen atoms in total. The van der Waals surface area contributed by atoms with Gasteiger partial charge in [-0.2, -0.15) is 0 Å². The van der Waals surface area contributed by atoms with Crippen molar-refractivity contribution in [3.05, 3.63) is 60.8 Å². The Balaban J connectivity index is 3.50. The molecule has 164 valence electrons. The van der Waals surface area contributed by atoms with Crippen LogP contribution in [0.3, 0.4) is 0 Å². The van der Waals surface area contributed by atoms with Gasteiger partial charge in [-0.25, -0.2) is 0 Å². The molecule has 0 fully saturated rings. The predicted octanol–water partition coefficient (Wildman–Crippen LogP) is 5.85. The van der Waals surface area contributed by atoms with Gasteiger partial charge in [0.05, 0.1) is 13.2 Å². The average Bonchev–Trinajstić information content (AvgIpc) is 2.71. The van der Waals surface area contributed by atoms with Crippen LogP contribution in [0.5, 0.6) is 0 Å². The Morgan fingerprint density at radius 3 is 1.83 bits per heavy atom. The molecule has 1 N–H and O–H groups in total. The normalized spacial score (nSPS) is 13.6. The number of hydrogen-bond acceptors (Lipinski definition) is 4. The standard InChI is InChI=1S/C25H40O4/c1-3-4-5-6-7-8-9-10-11-12-13-14-15-16-17-18-19-20-21-28-23-25(22-26)29-24(2)27/h4-5,7-8,10-11,13-14,16-17,25-26H,3,6,9,12,15,18-23H2,1-2H3/b5-4-,8-7-,11-10-,14-13-,17-16-. The molecule has 0 heterocycles. The van der Waals surface area contributed by atoms with Crippen molar-refractivity contribution in [2.45, 2.75) is 71.3 Å². The summed E-state index contributed by atoms with van der Waals surface area (Å²) in [5.41, 5.74) is 0. The van der Waals surface area contributed by atoms with E-state index in [0.717, 1.165) is 51.4 Å². The molecule has 0 amide bonds. The molecule has 0 aromatic carbocycles. The number of aliphatic hydroxyl groups is 1. The lowest BCUT2D eigenvalue weighted by Gasteiger charge is -2.14. The minimum atomic E-state index is -0.557. The number of hydrogen-bond donors (Lipinski definition) is 1. The summed E-state index contributed by atoms with van der Waals surface area (Å²) in [5, 5.41) is 9.05. The number of carbonyl (C=O) groups excluding carboxylic acids is 1. The number of rotatable bonds is 18. The van der Waals surface area contributed by atoms with Gasteiger partial charge in [0.2, 0.25) is 0 Å². The van der Waals surface area contributed by atoms with Crippen LogP contribution in [0.25, 0.3) is 0 Å². The third-order valence-corrected chi connectivity index (χ3v) is 3.91. The van der Waals surface area contributed by atoms with Crippen molar-refractivity contribution in [2.75, 3.05) is 19.8 Å². The van der Waals surface area contributed by atoms with Crippen LogP contribution in [0.15, 0.2) is 60.8 Å². The van der Waals surface area contributed by atoms with Gasteiger partial charge in [0, 0.05) is 13.5 Å². The minimum Gasteiger partial charge on any atom is -0.458 e. The zero-order valence-electron chi connectivity index (χ0n) is 18.3. The van der Waals surface area contributed by atoms with Gasteiger partial charge in [-0.1, -0.05) is 67.7 Å². The SMILES string of the molecule is CC/C=C\C/C=C\C/C=C\C/C=C\C/C=C\CCCCOCC(CO)OC(C)=O. The zero-order chi connectivity index (χ0) is 21.4. The van der Waals surface area contributed by atoms with Crippen molar-refractivity contribution >= 4 is 5.97 Å². The second-order valence-corrected chi connectivity index (χ2v) is 6.69. The van der Waals surface area contributed by atoms with E-state index in [2.05, 4.69) is 67.7 Å². The molecule has 0 aliphatic heterocycles. The molecule has 0 aromatic heterocycles. The van der Waals surface area contributed by atoms with E-state index in [0.29, 0.717) is 6.61 Å². The summed E-state index contributed by atoms with van der Waals surface area (Å²) in [6.45, 7) is 4.13. The molecule has 0 bridgehead atoms. The fourth-order valence-corrected chi connectivity index (χ4v) is 2.41. The summed E-state index contributed by atoms with van der Waals surface area (Å²) in [6.07, 6.45) is 29.6. The third kappa shape index (κ3) is 22.2. The molecule has 0 spiro atoms. The molecule has 0 rings (SSSR count). The quantitative estimate of drug-likeness (QED) is 0.177. The first kappa shape index (κ1) is 27.1. The van der Waals surface area contributed by atoms with Gasteiger partial charge in [-0.15, -0.1) is 0 Å². The van der Waals surface area contributed by atoms with Gasteiger partial charge in [0.25, 0.3) is 0 Å². The van der Waals surface area contributed by atoms with Gasteiger partial charge in [0.1, 0.15) is 6.10 Å². The largest absolute Gasteiger partial charge is 0.458 e. The van der Waals surface area contributed by atoms with Crippen LogP contribution in [-0.2, 0) is 14.3 Å². The summed E-state index contributed by atoms with van der Waals surface area (Å²) in [4.78, 5) is 10.8. The molecule has 0 saturated heterocycles. The summed E-state index contributed by atoms with van der Waals surface area (Å²) < 4.78 is 10.3. The Bertz CT molecular complexity index is 515. The first-order valence-corrected chi connectivity index (χ1v) is 10.8. The van der Waals surface area contributed by atoms with Crippen molar-refractivity contribution in [2.24, 2.45) is 0 Å². The van der Waals surface area contributed by atoms with E-state index in [1.54, 1.807) is 0 Å². The van der Waals surface area contributed by atoms with Gasteiger partial charge in [0.15, 0.2) is 0 Å². The van der Waals surface area contributed by atoms with Crippen molar-refractivity contribution in [1.82, 2.24) is 0 Å². The topological polar surface area (TPSA) is 55.8 Å². The maximum Gasteiger partial charge on any atom is 0.303 e. The van der Waals surface area contributed by atoms with Crippen LogP contribution in [-0.4, -0.2) is 37.0 Å². The molecule has 0 aliphatic carbocycles. The van der Waals surface area contributed by atoms with Gasteiger partial charge >= 0.3 is 5.97 Å². The molecular weight excluding hydrogens is 364 g/mol. The van der Waals surface area contributed by atoms with Crippen LogP contribution in [0.1, 0.15) is 65.2 Å². The van der Waals surface area contributed by atoms with Crippen LogP contribution in [0, 0.1) is 0 Å². The lowest BCUT2D eigenvalue weighted by molar-refractivity contribution is -0.151. The molecule has 0 aliphatic rings. The number of allylic oxidation sites excluding steroid dienone is 10. The monoisotopic (exact) mass is 404 g/mol. The van der Waals surface area contributed by atoms with Gasteiger partial charge in [-0.05, 0) is 51.4 Å². The predicted molar refractivity (Wildman–Crippen MR) is 122 cm³/mol. The Hall–Kier alpha value is -1.91. The molecule has 0 saturated carbocycles. The highest BCUT2D eigenvalue weighted by atomic mass is 16.6. The maximum absolute atomic E-state index is 10.8. The zero-order valence-corrected chi connectivity index (χ0v) is 18.3. The molecule has 29 heavy (non-hydrogen) atoms. The number of esters is 1. The molecule has 0 radical (unpaired) electrons. The summed E-state index contributed by atoms with van der Waals surface area (Å²) in [5.74, 6) is -0.397. The van der Waals surface area contributed by atoms with E-state index in [4.69, 9.17) is 14.6 Å². The molecule has 4 heteroatoms. The van der Waals surface area contributed by atoms with E-state index < -0.39 is 12.1 Å². The van der Waals surface area contributed by atoms with Crippen molar-refractivity contribution < 1.29 is 19.4 Å². The first-order valence-electron chi connectivity index (χ1n) is 10.8. The van der Waals surface area contributed by atoms with Crippen LogP contribution in [0.2, 0.25) is 0 Å². The van der Waals surface area contributed by atoms with E-state index in [1.165, 1.54) is 6.92 Å². The Labute approximate surface area is 177 Å². The summed E-state index contributed by atoms with van der Waals surface area (Å²) in [6, 6.07) is 0. The Morgan fingerprint density at radius 2 is 1.34 bits per heavy atom. The van der Waals surface area contributed by atoms with Crippen molar-refractivity contribution in [3.63, 3.8) is 0 Å². The fraction of sp³-hybridized carbons (Fsp3) is 0.560. The highest BCUT2D eigenvalue weighted by molar-refractivity contribution is 5.66. The van der Waals surface area contributed by atoms with Gasteiger partial charge < -0.3 is 14.6 Å². The highest BCUT2D eigenvalue weighted by Crippen LogP contribution is 2.01.